The van der Waals surface area contributed by atoms with Gasteiger partial charge in [-0.25, -0.2) is 0 Å². The first kappa shape index (κ1) is 11.8. The molecule has 0 amide bonds. The molecule has 1 heterocycles. The van der Waals surface area contributed by atoms with Crippen molar-refractivity contribution in [2.45, 2.75) is 12.5 Å². The van der Waals surface area contributed by atoms with Crippen molar-refractivity contribution in [3.63, 3.8) is 0 Å². The average molecular weight is 249 g/mol. The lowest BCUT2D eigenvalue weighted by molar-refractivity contribution is 0.721. The lowest BCUT2D eigenvalue weighted by Crippen LogP contribution is -2.13. The molecule has 0 aliphatic rings. The highest BCUT2D eigenvalue weighted by molar-refractivity contribution is 5.81. The molecule has 0 radical (unpaired) electrons. The van der Waals surface area contributed by atoms with Crippen LogP contribution in [0.1, 0.15) is 17.2 Å². The lowest BCUT2D eigenvalue weighted by Gasteiger charge is -2.13. The maximum atomic E-state index is 6.27. The molecule has 0 aliphatic heterocycles. The predicted molar refractivity (Wildman–Crippen MR) is 76.6 cm³/mol. The first-order chi connectivity index (χ1) is 9.34. The summed E-state index contributed by atoms with van der Waals surface area (Å²) in [6, 6.07) is 18.1. The predicted octanol–water partition coefficient (Wildman–Crippen LogP) is 2.87. The molecule has 1 aromatic heterocycles. The number of benzene rings is 2. The van der Waals surface area contributed by atoms with Crippen molar-refractivity contribution < 1.29 is 0 Å². The van der Waals surface area contributed by atoms with Crippen LogP contribution in [0.4, 0.5) is 0 Å². The summed E-state index contributed by atoms with van der Waals surface area (Å²) in [6.45, 7) is 0. The Labute approximate surface area is 112 Å². The summed E-state index contributed by atoms with van der Waals surface area (Å²) in [5, 5.41) is 9.31. The van der Waals surface area contributed by atoms with Crippen molar-refractivity contribution >= 4 is 10.9 Å². The molecule has 0 fully saturated rings. The maximum Gasteiger partial charge on any atom is 0.0932 e. The second-order valence-electron chi connectivity index (χ2n) is 4.61. The van der Waals surface area contributed by atoms with E-state index in [1.54, 1.807) is 0 Å². The Morgan fingerprint density at radius 2 is 1.68 bits per heavy atom. The van der Waals surface area contributed by atoms with Gasteiger partial charge in [0.15, 0.2) is 0 Å². The number of fused-ring (bicyclic) bond motifs is 1. The molecule has 3 rings (SSSR count). The van der Waals surface area contributed by atoms with Crippen molar-refractivity contribution in [1.29, 1.82) is 0 Å². The Morgan fingerprint density at radius 1 is 0.947 bits per heavy atom. The summed E-state index contributed by atoms with van der Waals surface area (Å²) in [6.07, 6.45) is 2.57. The van der Waals surface area contributed by atoms with E-state index in [9.17, 15) is 0 Å². The standard InChI is InChI=1S/C16H15N3/c17-15(12-6-2-1-3-7-12)10-13-11-18-19-16-9-5-4-8-14(13)16/h1-9,11,15H,10,17H2. The van der Waals surface area contributed by atoms with Crippen molar-refractivity contribution in [2.75, 3.05) is 0 Å². The Morgan fingerprint density at radius 3 is 2.53 bits per heavy atom. The van der Waals surface area contributed by atoms with Gasteiger partial charge in [-0.15, -0.1) is 0 Å². The monoisotopic (exact) mass is 249 g/mol. The molecule has 19 heavy (non-hydrogen) atoms. The molecule has 3 aromatic rings. The van der Waals surface area contributed by atoms with Gasteiger partial charge < -0.3 is 5.73 Å². The molecule has 0 bridgehead atoms. The first-order valence-electron chi connectivity index (χ1n) is 6.34. The maximum absolute atomic E-state index is 6.27. The van der Waals surface area contributed by atoms with Crippen LogP contribution in [0, 0.1) is 0 Å². The molecule has 1 unspecified atom stereocenters. The van der Waals surface area contributed by atoms with E-state index in [2.05, 4.69) is 28.4 Å². The lowest BCUT2D eigenvalue weighted by atomic mass is 9.98. The minimum atomic E-state index is -0.0196. The van der Waals surface area contributed by atoms with Gasteiger partial charge in [0.25, 0.3) is 0 Å². The molecule has 0 saturated carbocycles. The largest absolute Gasteiger partial charge is 0.324 e. The summed E-state index contributed by atoms with van der Waals surface area (Å²) >= 11 is 0. The second kappa shape index (κ2) is 5.16. The van der Waals surface area contributed by atoms with Gasteiger partial charge in [-0.05, 0) is 23.6 Å². The fourth-order valence-corrected chi connectivity index (χ4v) is 2.28. The fourth-order valence-electron chi connectivity index (χ4n) is 2.28. The van der Waals surface area contributed by atoms with Crippen LogP contribution in [-0.2, 0) is 6.42 Å². The van der Waals surface area contributed by atoms with Gasteiger partial charge in [-0.3, -0.25) is 0 Å². The summed E-state index contributed by atoms with van der Waals surface area (Å²) in [4.78, 5) is 0. The zero-order chi connectivity index (χ0) is 13.1. The normalized spacial score (nSPS) is 12.5. The van der Waals surface area contributed by atoms with Gasteiger partial charge in [-0.2, -0.15) is 10.2 Å². The number of hydrogen-bond acceptors (Lipinski definition) is 3. The van der Waals surface area contributed by atoms with Crippen LogP contribution in [0.25, 0.3) is 10.9 Å². The number of nitrogens with zero attached hydrogens (tertiary/aromatic N) is 2. The molecule has 94 valence electrons. The molecule has 0 spiro atoms. The summed E-state index contributed by atoms with van der Waals surface area (Å²) in [7, 11) is 0. The fraction of sp³-hybridized carbons (Fsp3) is 0.125. The van der Waals surface area contributed by atoms with Gasteiger partial charge in [0.05, 0.1) is 11.7 Å². The quantitative estimate of drug-likeness (QED) is 0.776. The van der Waals surface area contributed by atoms with Gasteiger partial charge in [-0.1, -0.05) is 48.5 Å². The minimum absolute atomic E-state index is 0.0196. The Balaban J connectivity index is 1.94. The van der Waals surface area contributed by atoms with Crippen molar-refractivity contribution in [1.82, 2.24) is 10.2 Å². The van der Waals surface area contributed by atoms with Crippen LogP contribution >= 0.6 is 0 Å². The van der Waals surface area contributed by atoms with E-state index in [0.717, 1.165) is 28.5 Å². The second-order valence-corrected chi connectivity index (χ2v) is 4.61. The van der Waals surface area contributed by atoms with E-state index in [0.29, 0.717) is 0 Å². The van der Waals surface area contributed by atoms with Crippen LogP contribution < -0.4 is 5.73 Å². The van der Waals surface area contributed by atoms with E-state index in [4.69, 9.17) is 5.73 Å². The Bertz CT molecular complexity index is 674. The van der Waals surface area contributed by atoms with E-state index < -0.39 is 0 Å². The summed E-state index contributed by atoms with van der Waals surface area (Å²) < 4.78 is 0. The van der Waals surface area contributed by atoms with Crippen LogP contribution in [0.5, 0.6) is 0 Å². The number of hydrogen-bond donors (Lipinski definition) is 1. The van der Waals surface area contributed by atoms with E-state index >= 15 is 0 Å². The summed E-state index contributed by atoms with van der Waals surface area (Å²) in [5.41, 5.74) is 9.47. The third-order valence-electron chi connectivity index (χ3n) is 3.30. The Hall–Kier alpha value is -2.26. The zero-order valence-corrected chi connectivity index (χ0v) is 10.5. The molecule has 0 saturated heterocycles. The van der Waals surface area contributed by atoms with E-state index in [1.165, 1.54) is 0 Å². The smallest absolute Gasteiger partial charge is 0.0932 e. The van der Waals surface area contributed by atoms with E-state index in [-0.39, 0.29) is 6.04 Å². The van der Waals surface area contributed by atoms with Crippen LogP contribution in [0.2, 0.25) is 0 Å². The third kappa shape index (κ3) is 2.46. The molecule has 1 atom stereocenters. The third-order valence-corrected chi connectivity index (χ3v) is 3.30. The zero-order valence-electron chi connectivity index (χ0n) is 10.5. The average Bonchev–Trinajstić information content (AvgIpc) is 2.48. The number of aromatic nitrogens is 2. The topological polar surface area (TPSA) is 51.8 Å². The molecule has 2 aromatic carbocycles. The van der Waals surface area contributed by atoms with Crippen LogP contribution in [0.15, 0.2) is 60.8 Å². The molecule has 2 N–H and O–H groups in total. The van der Waals surface area contributed by atoms with Gasteiger partial charge >= 0.3 is 0 Å². The summed E-state index contributed by atoms with van der Waals surface area (Å²) in [5.74, 6) is 0. The highest BCUT2D eigenvalue weighted by atomic mass is 15.1. The van der Waals surface area contributed by atoms with Gasteiger partial charge in [0, 0.05) is 11.4 Å². The molecule has 0 aliphatic carbocycles. The molecule has 3 nitrogen and oxygen atoms in total. The van der Waals surface area contributed by atoms with Crippen LogP contribution in [0.3, 0.4) is 0 Å². The van der Waals surface area contributed by atoms with Gasteiger partial charge in [0.2, 0.25) is 0 Å². The van der Waals surface area contributed by atoms with Crippen molar-refractivity contribution in [3.8, 4) is 0 Å². The SMILES string of the molecule is NC(Cc1cnnc2ccccc12)c1ccccc1. The first-order valence-corrected chi connectivity index (χ1v) is 6.34. The van der Waals surface area contributed by atoms with Gasteiger partial charge in [0.1, 0.15) is 0 Å². The van der Waals surface area contributed by atoms with Crippen molar-refractivity contribution in [3.05, 3.63) is 71.9 Å². The number of nitrogens with two attached hydrogens (primary N) is 1. The minimum Gasteiger partial charge on any atom is -0.324 e. The van der Waals surface area contributed by atoms with Crippen molar-refractivity contribution in [2.24, 2.45) is 5.73 Å². The molecular formula is C16H15N3. The molecule has 3 heteroatoms. The van der Waals surface area contributed by atoms with Crippen LogP contribution in [-0.4, -0.2) is 10.2 Å². The molecular weight excluding hydrogens is 234 g/mol. The van der Waals surface area contributed by atoms with E-state index in [1.807, 2.05) is 42.6 Å². The number of rotatable bonds is 3. The highest BCUT2D eigenvalue weighted by Crippen LogP contribution is 2.21. The highest BCUT2D eigenvalue weighted by Gasteiger charge is 2.09. The Kier molecular flexibility index (Phi) is 3.21.